The molecule has 2 amide bonds. The molecule has 12 nitrogen and oxygen atoms in total. The molecule has 0 aliphatic rings. The van der Waals surface area contributed by atoms with Gasteiger partial charge in [0.05, 0.1) is 9.79 Å². The molecule has 4 rings (SSSR count). The van der Waals surface area contributed by atoms with Crippen molar-refractivity contribution in [1.29, 1.82) is 0 Å². The Morgan fingerprint density at radius 3 is 1.25 bits per heavy atom. The van der Waals surface area contributed by atoms with Crippen LogP contribution in [0.25, 0.3) is 0 Å². The molecular weight excluding hydrogens is 556 g/mol. The molecule has 0 spiro atoms. The highest BCUT2D eigenvalue weighted by Crippen LogP contribution is 2.19. The molecule has 4 N–H and O–H groups in total. The van der Waals surface area contributed by atoms with E-state index >= 15 is 0 Å². The molecule has 0 saturated heterocycles. The third-order valence-electron chi connectivity index (χ3n) is 5.28. The number of benzene rings is 2. The number of sulfonamides is 2. The molecule has 0 fully saturated rings. The maximum absolute atomic E-state index is 12.5. The van der Waals surface area contributed by atoms with E-state index in [0.717, 1.165) is 0 Å². The minimum absolute atomic E-state index is 0.0122. The van der Waals surface area contributed by atoms with Crippen LogP contribution < -0.4 is 20.1 Å². The van der Waals surface area contributed by atoms with Gasteiger partial charge in [0.2, 0.25) is 11.8 Å². The van der Waals surface area contributed by atoms with Gasteiger partial charge in [-0.05, 0) is 72.8 Å². The number of nitrogens with one attached hydrogen (secondary N) is 4. The second-order valence-corrected chi connectivity index (χ2v) is 11.7. The molecule has 2 aromatic heterocycles. The van der Waals surface area contributed by atoms with Gasteiger partial charge in [0.1, 0.15) is 11.6 Å². The summed E-state index contributed by atoms with van der Waals surface area (Å²) in [5.74, 6) is -0.535. The van der Waals surface area contributed by atoms with Crippen molar-refractivity contribution in [2.75, 3.05) is 20.1 Å². The standard InChI is InChI=1S/C26H24N6O6S2/c33-25(29-19-7-11-21(12-8-19)39(35,36)31-23-5-1-3-17-27-23)15-16-26(34)30-20-9-13-22(14-10-20)40(37,38)32-24-6-2-4-18-28-24/h1-14,17-18H,15-16H2,(H,27,31)(H,28,32)(H,29,33)(H,30,34). The first-order valence-electron chi connectivity index (χ1n) is 11.8. The highest BCUT2D eigenvalue weighted by Gasteiger charge is 2.16. The van der Waals surface area contributed by atoms with Crippen molar-refractivity contribution in [3.63, 3.8) is 0 Å². The Morgan fingerprint density at radius 2 is 0.925 bits per heavy atom. The van der Waals surface area contributed by atoms with Crippen molar-refractivity contribution in [2.45, 2.75) is 22.6 Å². The predicted molar refractivity (Wildman–Crippen MR) is 149 cm³/mol. The molecule has 0 atom stereocenters. The van der Waals surface area contributed by atoms with Crippen molar-refractivity contribution in [3.05, 3.63) is 97.3 Å². The van der Waals surface area contributed by atoms with E-state index in [2.05, 4.69) is 30.0 Å². The average Bonchev–Trinajstić information content (AvgIpc) is 2.93. The monoisotopic (exact) mass is 580 g/mol. The Balaban J connectivity index is 1.25. The molecule has 0 aliphatic heterocycles. The molecule has 40 heavy (non-hydrogen) atoms. The minimum Gasteiger partial charge on any atom is -0.326 e. The van der Waals surface area contributed by atoms with Crippen LogP contribution in [0, 0.1) is 0 Å². The zero-order valence-electron chi connectivity index (χ0n) is 20.8. The fourth-order valence-corrected chi connectivity index (χ4v) is 5.36. The third kappa shape index (κ3) is 7.85. The number of carbonyl (C=O) groups excluding carboxylic acids is 2. The molecule has 2 aromatic carbocycles. The Morgan fingerprint density at radius 1 is 0.550 bits per heavy atom. The van der Waals surface area contributed by atoms with Gasteiger partial charge in [0.15, 0.2) is 0 Å². The minimum atomic E-state index is -3.85. The van der Waals surface area contributed by atoms with Crippen LogP contribution in [0.3, 0.4) is 0 Å². The first kappa shape index (κ1) is 28.2. The van der Waals surface area contributed by atoms with Gasteiger partial charge < -0.3 is 10.6 Å². The number of pyridine rings is 2. The Hall–Kier alpha value is -4.82. The zero-order chi connectivity index (χ0) is 28.6. The van der Waals surface area contributed by atoms with Crippen molar-refractivity contribution in [1.82, 2.24) is 9.97 Å². The number of carbonyl (C=O) groups is 2. The van der Waals surface area contributed by atoms with Crippen molar-refractivity contribution in [3.8, 4) is 0 Å². The predicted octanol–water partition coefficient (Wildman–Crippen LogP) is 3.44. The summed E-state index contributed by atoms with van der Waals surface area (Å²) in [5, 5.41) is 5.22. The summed E-state index contributed by atoms with van der Waals surface area (Å²) in [7, 11) is -7.71. The maximum Gasteiger partial charge on any atom is 0.263 e. The van der Waals surface area contributed by atoms with Crippen molar-refractivity contribution in [2.24, 2.45) is 0 Å². The molecule has 0 aliphatic carbocycles. The van der Waals surface area contributed by atoms with E-state index in [9.17, 15) is 26.4 Å². The van der Waals surface area contributed by atoms with E-state index in [0.29, 0.717) is 11.4 Å². The quantitative estimate of drug-likeness (QED) is 0.208. The number of hydrogen-bond acceptors (Lipinski definition) is 8. The molecule has 14 heteroatoms. The van der Waals surface area contributed by atoms with E-state index in [1.807, 2.05) is 0 Å². The second-order valence-electron chi connectivity index (χ2n) is 8.29. The van der Waals surface area contributed by atoms with Gasteiger partial charge in [-0.3, -0.25) is 19.0 Å². The van der Waals surface area contributed by atoms with Crippen LogP contribution in [0.15, 0.2) is 107 Å². The second kappa shape index (κ2) is 12.4. The van der Waals surface area contributed by atoms with Gasteiger partial charge in [-0.25, -0.2) is 26.8 Å². The first-order valence-corrected chi connectivity index (χ1v) is 14.7. The lowest BCUT2D eigenvalue weighted by molar-refractivity contribution is -0.121. The van der Waals surface area contributed by atoms with Gasteiger partial charge in [-0.15, -0.1) is 0 Å². The smallest absolute Gasteiger partial charge is 0.263 e. The molecule has 4 aromatic rings. The Labute approximate surface area is 231 Å². The van der Waals surface area contributed by atoms with Crippen LogP contribution in [-0.4, -0.2) is 38.6 Å². The SMILES string of the molecule is O=C(CCC(=O)Nc1ccc(S(=O)(=O)Nc2ccccn2)cc1)Nc1ccc(S(=O)(=O)Nc2ccccn2)cc1. The summed E-state index contributed by atoms with van der Waals surface area (Å²) in [4.78, 5) is 32.4. The molecule has 0 saturated carbocycles. The summed E-state index contributed by atoms with van der Waals surface area (Å²) in [6.45, 7) is 0. The molecular formula is C26H24N6O6S2. The third-order valence-corrected chi connectivity index (χ3v) is 8.02. The largest absolute Gasteiger partial charge is 0.326 e. The van der Waals surface area contributed by atoms with Gasteiger partial charge in [-0.2, -0.15) is 0 Å². The van der Waals surface area contributed by atoms with Crippen LogP contribution in [-0.2, 0) is 29.6 Å². The summed E-state index contributed by atoms with van der Waals surface area (Å²) in [5.41, 5.74) is 0.719. The van der Waals surface area contributed by atoms with Crippen LogP contribution in [0.4, 0.5) is 23.0 Å². The average molecular weight is 581 g/mol. The van der Waals surface area contributed by atoms with E-state index in [4.69, 9.17) is 0 Å². The van der Waals surface area contributed by atoms with Gasteiger partial charge in [0, 0.05) is 36.6 Å². The van der Waals surface area contributed by atoms with E-state index in [-0.39, 0.29) is 34.3 Å². The number of nitrogens with zero attached hydrogens (tertiary/aromatic N) is 2. The van der Waals surface area contributed by atoms with Gasteiger partial charge >= 0.3 is 0 Å². The zero-order valence-corrected chi connectivity index (χ0v) is 22.4. The van der Waals surface area contributed by atoms with Crippen LogP contribution in [0.1, 0.15) is 12.8 Å². The normalized spacial score (nSPS) is 11.3. The fraction of sp³-hybridized carbons (Fsp3) is 0.0769. The molecule has 0 bridgehead atoms. The topological polar surface area (TPSA) is 176 Å². The van der Waals surface area contributed by atoms with Crippen LogP contribution in [0.2, 0.25) is 0 Å². The van der Waals surface area contributed by atoms with E-state index < -0.39 is 31.9 Å². The van der Waals surface area contributed by atoms with Crippen LogP contribution in [0.5, 0.6) is 0 Å². The summed E-state index contributed by atoms with van der Waals surface area (Å²) >= 11 is 0. The highest BCUT2D eigenvalue weighted by molar-refractivity contribution is 7.93. The Kier molecular flexibility index (Phi) is 8.71. The number of hydrogen-bond donors (Lipinski definition) is 4. The van der Waals surface area contributed by atoms with Crippen molar-refractivity contribution >= 4 is 54.9 Å². The highest BCUT2D eigenvalue weighted by atomic mass is 32.2. The lowest BCUT2D eigenvalue weighted by atomic mass is 10.2. The number of aromatic nitrogens is 2. The lowest BCUT2D eigenvalue weighted by Gasteiger charge is -2.10. The number of anilines is 4. The van der Waals surface area contributed by atoms with Crippen LogP contribution >= 0.6 is 0 Å². The molecule has 0 unspecified atom stereocenters. The maximum atomic E-state index is 12.5. The van der Waals surface area contributed by atoms with Crippen molar-refractivity contribution < 1.29 is 26.4 Å². The van der Waals surface area contributed by atoms with E-state index in [1.165, 1.54) is 73.1 Å². The molecule has 206 valence electrons. The fourth-order valence-electron chi connectivity index (χ4n) is 3.35. The lowest BCUT2D eigenvalue weighted by Crippen LogP contribution is -2.18. The number of amides is 2. The van der Waals surface area contributed by atoms with Gasteiger partial charge in [0.25, 0.3) is 20.0 Å². The number of rotatable bonds is 11. The summed E-state index contributed by atoms with van der Waals surface area (Å²) in [6.07, 6.45) is 2.66. The molecule has 2 heterocycles. The summed E-state index contributed by atoms with van der Waals surface area (Å²) in [6, 6.07) is 20.7. The first-order chi connectivity index (χ1) is 19.1. The molecule has 0 radical (unpaired) electrons. The summed E-state index contributed by atoms with van der Waals surface area (Å²) < 4.78 is 54.7. The van der Waals surface area contributed by atoms with E-state index in [1.54, 1.807) is 24.3 Å². The Bertz CT molecular complexity index is 1550. The van der Waals surface area contributed by atoms with Gasteiger partial charge in [-0.1, -0.05) is 12.1 Å².